The average Bonchev–Trinajstić information content (AvgIpc) is 2.76. The maximum Gasteiger partial charge on any atom is 0.307 e. The van der Waals surface area contributed by atoms with E-state index < -0.39 is 5.97 Å². The van der Waals surface area contributed by atoms with E-state index in [0.29, 0.717) is 5.92 Å². The van der Waals surface area contributed by atoms with Crippen molar-refractivity contribution in [2.75, 3.05) is 0 Å². The van der Waals surface area contributed by atoms with Crippen molar-refractivity contribution < 1.29 is 9.90 Å². The summed E-state index contributed by atoms with van der Waals surface area (Å²) in [6.45, 7) is 4.33. The van der Waals surface area contributed by atoms with Crippen LogP contribution in [-0.2, 0) is 11.2 Å². The largest absolute Gasteiger partial charge is 0.481 e. The zero-order chi connectivity index (χ0) is 13.1. The number of carboxylic acids is 1. The van der Waals surface area contributed by atoms with Gasteiger partial charge in [0.2, 0.25) is 0 Å². The molecule has 2 aromatic rings. The zero-order valence-corrected chi connectivity index (χ0v) is 11.3. The van der Waals surface area contributed by atoms with E-state index in [1.54, 1.807) is 11.3 Å². The lowest BCUT2D eigenvalue weighted by Crippen LogP contribution is -1.99. The molecule has 1 aromatic carbocycles. The number of hydrogen-bond acceptors (Lipinski definition) is 2. The summed E-state index contributed by atoms with van der Waals surface area (Å²) >= 11 is 1.60. The van der Waals surface area contributed by atoms with E-state index in [4.69, 9.17) is 5.11 Å². The van der Waals surface area contributed by atoms with E-state index in [0.717, 1.165) is 16.0 Å². The predicted octanol–water partition coefficient (Wildman–Crippen LogP) is 4.17. The van der Waals surface area contributed by atoms with Crippen LogP contribution in [0.3, 0.4) is 0 Å². The summed E-state index contributed by atoms with van der Waals surface area (Å²) in [7, 11) is 0. The van der Waals surface area contributed by atoms with E-state index in [9.17, 15) is 4.79 Å². The van der Waals surface area contributed by atoms with Gasteiger partial charge in [0.15, 0.2) is 0 Å². The molecule has 0 spiro atoms. The van der Waals surface area contributed by atoms with Gasteiger partial charge >= 0.3 is 5.97 Å². The molecule has 0 atom stereocenters. The lowest BCUT2D eigenvalue weighted by molar-refractivity contribution is -0.136. The number of rotatable bonds is 4. The molecule has 2 nitrogen and oxygen atoms in total. The second-order valence-corrected chi connectivity index (χ2v) is 5.54. The molecular formula is C15H16O2S. The van der Waals surface area contributed by atoms with E-state index in [-0.39, 0.29) is 6.42 Å². The van der Waals surface area contributed by atoms with Gasteiger partial charge in [0.1, 0.15) is 0 Å². The van der Waals surface area contributed by atoms with Crippen LogP contribution < -0.4 is 0 Å². The van der Waals surface area contributed by atoms with Gasteiger partial charge < -0.3 is 5.11 Å². The van der Waals surface area contributed by atoms with Crippen LogP contribution in [0.5, 0.6) is 0 Å². The fourth-order valence-electron chi connectivity index (χ4n) is 1.91. The third-order valence-corrected chi connectivity index (χ3v) is 3.93. The van der Waals surface area contributed by atoms with Crippen LogP contribution in [0.25, 0.3) is 10.4 Å². The first-order valence-corrected chi connectivity index (χ1v) is 6.84. The van der Waals surface area contributed by atoms with Crippen LogP contribution in [0, 0.1) is 0 Å². The number of aliphatic carboxylic acids is 1. The highest BCUT2D eigenvalue weighted by Gasteiger charge is 2.10. The standard InChI is InChI=1S/C15H16O2S/c1-10(2)11-3-5-12(6-4-11)15-13(7-8-18-15)9-14(16)17/h3-8,10H,9H2,1-2H3,(H,16,17). The van der Waals surface area contributed by atoms with Crippen LogP contribution in [0.1, 0.15) is 30.9 Å². The summed E-state index contributed by atoms with van der Waals surface area (Å²) in [6, 6.07) is 10.3. The van der Waals surface area contributed by atoms with Gasteiger partial charge in [-0.2, -0.15) is 0 Å². The normalized spacial score (nSPS) is 10.8. The number of thiophene rings is 1. The lowest BCUT2D eigenvalue weighted by atomic mass is 10.00. The first-order valence-electron chi connectivity index (χ1n) is 5.96. The maximum atomic E-state index is 10.8. The van der Waals surface area contributed by atoms with Crippen molar-refractivity contribution in [3.05, 3.63) is 46.8 Å². The molecule has 0 unspecified atom stereocenters. The monoisotopic (exact) mass is 260 g/mol. The summed E-state index contributed by atoms with van der Waals surface area (Å²) in [6.07, 6.45) is 0.0881. The van der Waals surface area contributed by atoms with Gasteiger partial charge in [-0.3, -0.25) is 4.79 Å². The van der Waals surface area contributed by atoms with Gasteiger partial charge in [-0.15, -0.1) is 11.3 Å². The summed E-state index contributed by atoms with van der Waals surface area (Å²) in [4.78, 5) is 11.9. The third kappa shape index (κ3) is 2.79. The SMILES string of the molecule is CC(C)c1ccc(-c2sccc2CC(=O)O)cc1. The molecule has 18 heavy (non-hydrogen) atoms. The van der Waals surface area contributed by atoms with Crippen molar-refractivity contribution in [1.82, 2.24) is 0 Å². The van der Waals surface area contributed by atoms with Gasteiger partial charge in [-0.25, -0.2) is 0 Å². The Bertz CT molecular complexity index is 538. The molecule has 1 aromatic heterocycles. The summed E-state index contributed by atoms with van der Waals surface area (Å²) in [5, 5.41) is 10.8. The molecule has 1 N–H and O–H groups in total. The van der Waals surface area contributed by atoms with Gasteiger partial charge in [0.25, 0.3) is 0 Å². The molecule has 2 rings (SSSR count). The van der Waals surface area contributed by atoms with Gasteiger partial charge in [0.05, 0.1) is 6.42 Å². The van der Waals surface area contributed by atoms with Crippen LogP contribution in [-0.4, -0.2) is 11.1 Å². The average molecular weight is 260 g/mol. The van der Waals surface area contributed by atoms with Gasteiger partial charge in [-0.05, 0) is 34.1 Å². The highest BCUT2D eigenvalue weighted by atomic mass is 32.1. The Morgan fingerprint density at radius 3 is 2.44 bits per heavy atom. The van der Waals surface area contributed by atoms with E-state index in [1.165, 1.54) is 5.56 Å². The molecule has 0 bridgehead atoms. The molecule has 0 aliphatic rings. The van der Waals surface area contributed by atoms with Crippen molar-refractivity contribution >= 4 is 17.3 Å². The smallest absolute Gasteiger partial charge is 0.307 e. The molecule has 0 radical (unpaired) electrons. The fraction of sp³-hybridized carbons (Fsp3) is 0.267. The molecule has 0 saturated carbocycles. The third-order valence-electron chi connectivity index (χ3n) is 2.93. The minimum Gasteiger partial charge on any atom is -0.481 e. The van der Waals surface area contributed by atoms with E-state index in [2.05, 4.69) is 38.1 Å². The Kier molecular flexibility index (Phi) is 3.82. The zero-order valence-electron chi connectivity index (χ0n) is 10.5. The van der Waals surface area contributed by atoms with Crippen LogP contribution in [0.4, 0.5) is 0 Å². The minimum absolute atomic E-state index is 0.0881. The summed E-state index contributed by atoms with van der Waals surface area (Å²) in [5.74, 6) is -0.269. The molecule has 0 aliphatic carbocycles. The molecule has 1 heterocycles. The Balaban J connectivity index is 2.31. The van der Waals surface area contributed by atoms with Crippen molar-refractivity contribution in [1.29, 1.82) is 0 Å². The molecule has 0 saturated heterocycles. The van der Waals surface area contributed by atoms with Crippen LogP contribution in [0.15, 0.2) is 35.7 Å². The second kappa shape index (κ2) is 5.36. The first kappa shape index (κ1) is 12.8. The highest BCUT2D eigenvalue weighted by molar-refractivity contribution is 7.13. The Morgan fingerprint density at radius 2 is 1.89 bits per heavy atom. The Labute approximate surface area is 111 Å². The highest BCUT2D eigenvalue weighted by Crippen LogP contribution is 2.31. The van der Waals surface area contributed by atoms with Crippen molar-refractivity contribution in [3.63, 3.8) is 0 Å². The van der Waals surface area contributed by atoms with Crippen molar-refractivity contribution in [3.8, 4) is 10.4 Å². The number of carboxylic acid groups (broad SMARTS) is 1. The first-order chi connectivity index (χ1) is 8.58. The molecule has 94 valence electrons. The Hall–Kier alpha value is -1.61. The molecule has 0 fully saturated rings. The topological polar surface area (TPSA) is 37.3 Å². The predicted molar refractivity (Wildman–Crippen MR) is 75.2 cm³/mol. The summed E-state index contributed by atoms with van der Waals surface area (Å²) in [5.41, 5.74) is 3.30. The molecular weight excluding hydrogens is 244 g/mol. The fourth-order valence-corrected chi connectivity index (χ4v) is 2.84. The van der Waals surface area contributed by atoms with E-state index >= 15 is 0 Å². The molecule has 3 heteroatoms. The quantitative estimate of drug-likeness (QED) is 0.896. The second-order valence-electron chi connectivity index (χ2n) is 4.62. The van der Waals surface area contributed by atoms with Crippen molar-refractivity contribution in [2.45, 2.75) is 26.2 Å². The van der Waals surface area contributed by atoms with E-state index in [1.807, 2.05) is 11.4 Å². The van der Waals surface area contributed by atoms with Gasteiger partial charge in [0, 0.05) is 4.88 Å². The lowest BCUT2D eigenvalue weighted by Gasteiger charge is -2.07. The maximum absolute atomic E-state index is 10.8. The van der Waals surface area contributed by atoms with Crippen LogP contribution >= 0.6 is 11.3 Å². The Morgan fingerprint density at radius 1 is 1.22 bits per heavy atom. The molecule has 0 aliphatic heterocycles. The minimum atomic E-state index is -0.784. The van der Waals surface area contributed by atoms with Crippen LogP contribution in [0.2, 0.25) is 0 Å². The molecule has 0 amide bonds. The number of carbonyl (C=O) groups is 1. The van der Waals surface area contributed by atoms with Gasteiger partial charge in [-0.1, -0.05) is 38.1 Å². The number of hydrogen-bond donors (Lipinski definition) is 1. The number of benzene rings is 1. The summed E-state index contributed by atoms with van der Waals surface area (Å²) < 4.78 is 0. The van der Waals surface area contributed by atoms with Crippen molar-refractivity contribution in [2.24, 2.45) is 0 Å².